The Kier molecular flexibility index (Phi) is 3.57. The zero-order valence-corrected chi connectivity index (χ0v) is 9.96. The van der Waals surface area contributed by atoms with E-state index in [9.17, 15) is 13.2 Å². The fraction of sp³-hybridized carbons (Fsp3) is 0.154. The Labute approximate surface area is 107 Å². The molecule has 5 heteroatoms. The highest BCUT2D eigenvalue weighted by Gasteiger charge is 2.29. The van der Waals surface area contributed by atoms with Gasteiger partial charge in [0.15, 0.2) is 0 Å². The fourth-order valence-electron chi connectivity index (χ4n) is 1.55. The monoisotopic (exact) mass is 271 g/mol. The normalized spacial score (nSPS) is 11.6. The number of pyridine rings is 1. The van der Waals surface area contributed by atoms with E-state index in [1.54, 1.807) is 18.3 Å². The number of rotatable bonds is 2. The van der Waals surface area contributed by atoms with Crippen molar-refractivity contribution in [2.75, 3.05) is 0 Å². The molecular weight excluding hydrogens is 263 g/mol. The molecule has 0 spiro atoms. The molecule has 0 saturated heterocycles. The third kappa shape index (κ3) is 2.82. The van der Waals surface area contributed by atoms with E-state index in [2.05, 4.69) is 4.98 Å². The molecule has 18 heavy (non-hydrogen) atoms. The molecule has 0 fully saturated rings. The van der Waals surface area contributed by atoms with Gasteiger partial charge in [-0.1, -0.05) is 12.1 Å². The van der Waals surface area contributed by atoms with Crippen LogP contribution < -0.4 is 0 Å². The van der Waals surface area contributed by atoms with Crippen LogP contribution in [-0.4, -0.2) is 4.98 Å². The van der Waals surface area contributed by atoms with E-state index in [1.807, 2.05) is 0 Å². The maximum atomic E-state index is 12.4. The standard InChI is InChI=1S/C13H9ClF3N/c14-8-9-5-6-18-12(7-9)10-1-3-11(4-2-10)13(15,16)17/h1-7H,8H2. The number of nitrogens with zero attached hydrogens (tertiary/aromatic N) is 1. The molecule has 1 heterocycles. The molecule has 1 aromatic carbocycles. The number of alkyl halides is 4. The van der Waals surface area contributed by atoms with Gasteiger partial charge in [0.05, 0.1) is 11.3 Å². The summed E-state index contributed by atoms with van der Waals surface area (Å²) >= 11 is 5.69. The van der Waals surface area contributed by atoms with Crippen LogP contribution in [-0.2, 0) is 12.1 Å². The molecule has 1 aromatic heterocycles. The summed E-state index contributed by atoms with van der Waals surface area (Å²) in [7, 11) is 0. The topological polar surface area (TPSA) is 12.9 Å². The Hall–Kier alpha value is -1.55. The van der Waals surface area contributed by atoms with Gasteiger partial charge in [-0.3, -0.25) is 4.98 Å². The Morgan fingerprint density at radius 2 is 1.72 bits per heavy atom. The first-order chi connectivity index (χ1) is 8.50. The molecule has 0 N–H and O–H groups in total. The first kappa shape index (κ1) is 12.9. The van der Waals surface area contributed by atoms with Crippen LogP contribution in [0.25, 0.3) is 11.3 Å². The largest absolute Gasteiger partial charge is 0.416 e. The van der Waals surface area contributed by atoms with Crippen molar-refractivity contribution in [3.05, 3.63) is 53.7 Å². The average Bonchev–Trinajstić information content (AvgIpc) is 2.38. The van der Waals surface area contributed by atoms with Crippen molar-refractivity contribution in [3.8, 4) is 11.3 Å². The average molecular weight is 272 g/mol. The van der Waals surface area contributed by atoms with Crippen LogP contribution in [0.1, 0.15) is 11.1 Å². The van der Waals surface area contributed by atoms with Crippen molar-refractivity contribution >= 4 is 11.6 Å². The minimum Gasteiger partial charge on any atom is -0.256 e. The lowest BCUT2D eigenvalue weighted by molar-refractivity contribution is -0.137. The SMILES string of the molecule is FC(F)(F)c1ccc(-c2cc(CCl)ccn2)cc1. The summed E-state index contributed by atoms with van der Waals surface area (Å²) in [5.41, 5.74) is 1.46. The molecule has 0 bridgehead atoms. The zero-order chi connectivity index (χ0) is 13.2. The molecule has 0 aliphatic rings. The van der Waals surface area contributed by atoms with Gasteiger partial charge in [0.1, 0.15) is 0 Å². The van der Waals surface area contributed by atoms with Crippen molar-refractivity contribution < 1.29 is 13.2 Å². The van der Waals surface area contributed by atoms with Gasteiger partial charge in [-0.15, -0.1) is 11.6 Å². The second-order valence-electron chi connectivity index (χ2n) is 3.76. The van der Waals surface area contributed by atoms with Crippen molar-refractivity contribution in [2.45, 2.75) is 12.1 Å². The lowest BCUT2D eigenvalue weighted by Crippen LogP contribution is -2.04. The highest BCUT2D eigenvalue weighted by atomic mass is 35.5. The summed E-state index contributed by atoms with van der Waals surface area (Å²) in [6.07, 6.45) is -2.73. The predicted molar refractivity (Wildman–Crippen MR) is 64.2 cm³/mol. The molecule has 0 amide bonds. The van der Waals surface area contributed by atoms with Crippen LogP contribution in [0, 0.1) is 0 Å². The molecule has 2 aromatic rings. The van der Waals surface area contributed by atoms with Crippen LogP contribution in [0.15, 0.2) is 42.6 Å². The summed E-state index contributed by atoms with van der Waals surface area (Å²) in [4.78, 5) is 4.11. The van der Waals surface area contributed by atoms with E-state index >= 15 is 0 Å². The van der Waals surface area contributed by atoms with Crippen molar-refractivity contribution in [1.29, 1.82) is 0 Å². The van der Waals surface area contributed by atoms with Gasteiger partial charge < -0.3 is 0 Å². The van der Waals surface area contributed by atoms with Gasteiger partial charge >= 0.3 is 6.18 Å². The Morgan fingerprint density at radius 3 is 2.28 bits per heavy atom. The van der Waals surface area contributed by atoms with Crippen LogP contribution in [0.5, 0.6) is 0 Å². The molecule has 1 nitrogen and oxygen atoms in total. The van der Waals surface area contributed by atoms with Crippen molar-refractivity contribution in [3.63, 3.8) is 0 Å². The number of halogens is 4. The van der Waals surface area contributed by atoms with E-state index in [4.69, 9.17) is 11.6 Å². The van der Waals surface area contributed by atoms with Gasteiger partial charge in [0.2, 0.25) is 0 Å². The fourth-order valence-corrected chi connectivity index (χ4v) is 1.71. The van der Waals surface area contributed by atoms with Gasteiger partial charge in [-0.2, -0.15) is 13.2 Å². The van der Waals surface area contributed by atoms with Crippen LogP contribution in [0.3, 0.4) is 0 Å². The maximum Gasteiger partial charge on any atom is 0.416 e. The minimum absolute atomic E-state index is 0.343. The zero-order valence-electron chi connectivity index (χ0n) is 9.21. The maximum absolute atomic E-state index is 12.4. The van der Waals surface area contributed by atoms with Gasteiger partial charge in [0, 0.05) is 17.6 Å². The molecule has 2 rings (SSSR count). The third-order valence-corrected chi connectivity index (χ3v) is 2.80. The van der Waals surface area contributed by atoms with E-state index in [1.165, 1.54) is 12.1 Å². The first-order valence-electron chi connectivity index (χ1n) is 5.19. The second kappa shape index (κ2) is 4.98. The Morgan fingerprint density at radius 1 is 1.06 bits per heavy atom. The van der Waals surface area contributed by atoms with Crippen LogP contribution in [0.2, 0.25) is 0 Å². The summed E-state index contributed by atoms with van der Waals surface area (Å²) in [5, 5.41) is 0. The highest BCUT2D eigenvalue weighted by Crippen LogP contribution is 2.30. The van der Waals surface area contributed by atoms with E-state index in [-0.39, 0.29) is 0 Å². The first-order valence-corrected chi connectivity index (χ1v) is 5.72. The predicted octanol–water partition coefficient (Wildman–Crippen LogP) is 4.51. The van der Waals surface area contributed by atoms with Gasteiger partial charge in [-0.05, 0) is 29.8 Å². The Balaban J connectivity index is 2.34. The highest BCUT2D eigenvalue weighted by molar-refractivity contribution is 6.17. The van der Waals surface area contributed by atoms with Crippen LogP contribution >= 0.6 is 11.6 Å². The summed E-state index contributed by atoms with van der Waals surface area (Å²) in [6, 6.07) is 8.43. The van der Waals surface area contributed by atoms with E-state index in [0.29, 0.717) is 17.1 Å². The Bertz CT molecular complexity index is 535. The number of aromatic nitrogens is 1. The lowest BCUT2D eigenvalue weighted by Gasteiger charge is -2.07. The summed E-state index contributed by atoms with van der Waals surface area (Å²) < 4.78 is 37.2. The van der Waals surface area contributed by atoms with Crippen molar-refractivity contribution in [2.24, 2.45) is 0 Å². The van der Waals surface area contributed by atoms with Gasteiger partial charge in [0.25, 0.3) is 0 Å². The summed E-state index contributed by atoms with van der Waals surface area (Å²) in [5.74, 6) is 0.343. The quantitative estimate of drug-likeness (QED) is 0.733. The molecular formula is C13H9ClF3N. The molecule has 0 radical (unpaired) electrons. The molecule has 0 saturated carbocycles. The number of hydrogen-bond donors (Lipinski definition) is 0. The number of hydrogen-bond acceptors (Lipinski definition) is 1. The smallest absolute Gasteiger partial charge is 0.256 e. The van der Waals surface area contributed by atoms with E-state index in [0.717, 1.165) is 17.7 Å². The minimum atomic E-state index is -4.32. The molecule has 94 valence electrons. The van der Waals surface area contributed by atoms with Crippen molar-refractivity contribution in [1.82, 2.24) is 4.98 Å². The molecule has 0 aliphatic carbocycles. The lowest BCUT2D eigenvalue weighted by atomic mass is 10.1. The molecule has 0 aliphatic heterocycles. The third-order valence-electron chi connectivity index (χ3n) is 2.49. The number of benzene rings is 1. The van der Waals surface area contributed by atoms with E-state index < -0.39 is 11.7 Å². The molecule has 0 unspecified atom stereocenters. The second-order valence-corrected chi connectivity index (χ2v) is 4.03. The van der Waals surface area contributed by atoms with Crippen LogP contribution in [0.4, 0.5) is 13.2 Å². The molecule has 0 atom stereocenters. The van der Waals surface area contributed by atoms with Gasteiger partial charge in [-0.25, -0.2) is 0 Å². The summed E-state index contributed by atoms with van der Waals surface area (Å²) in [6.45, 7) is 0.